The van der Waals surface area contributed by atoms with Crippen LogP contribution in [-0.2, 0) is 14.2 Å². The Morgan fingerprint density at radius 3 is 2.38 bits per heavy atom. The molecule has 2 aliphatic heterocycles. The van der Waals surface area contributed by atoms with Gasteiger partial charge in [0, 0.05) is 33.0 Å². The van der Waals surface area contributed by atoms with Gasteiger partial charge in [-0.1, -0.05) is 20.8 Å². The number of nitrogens with one attached hydrogen (secondary N) is 1. The first-order chi connectivity index (χ1) is 9.92. The molecule has 0 aromatic carbocycles. The maximum atomic E-state index is 6.18. The summed E-state index contributed by atoms with van der Waals surface area (Å²) in [4.78, 5) is 0. The highest BCUT2D eigenvalue weighted by Gasteiger charge is 2.44. The highest BCUT2D eigenvalue weighted by Crippen LogP contribution is 2.40. The van der Waals surface area contributed by atoms with E-state index in [0.29, 0.717) is 12.0 Å². The van der Waals surface area contributed by atoms with Gasteiger partial charge in [0.1, 0.15) is 0 Å². The summed E-state index contributed by atoms with van der Waals surface area (Å²) in [6.07, 6.45) is 4.52. The lowest BCUT2D eigenvalue weighted by Crippen LogP contribution is -2.55. The highest BCUT2D eigenvalue weighted by atomic mass is 16.5. The third kappa shape index (κ3) is 3.98. The molecule has 2 heterocycles. The molecule has 1 N–H and O–H groups in total. The van der Waals surface area contributed by atoms with Crippen LogP contribution in [0.1, 0.15) is 46.5 Å². The van der Waals surface area contributed by atoms with Crippen molar-refractivity contribution in [1.82, 2.24) is 5.32 Å². The van der Waals surface area contributed by atoms with Gasteiger partial charge in [0.05, 0.1) is 11.7 Å². The summed E-state index contributed by atoms with van der Waals surface area (Å²) >= 11 is 0. The van der Waals surface area contributed by atoms with Gasteiger partial charge in [0.25, 0.3) is 0 Å². The van der Waals surface area contributed by atoms with Crippen molar-refractivity contribution < 1.29 is 14.2 Å². The number of hydrogen-bond donors (Lipinski definition) is 1. The van der Waals surface area contributed by atoms with E-state index in [9.17, 15) is 0 Å². The Balaban J connectivity index is 2.10. The Kier molecular flexibility index (Phi) is 5.69. The molecule has 2 saturated heterocycles. The van der Waals surface area contributed by atoms with Crippen LogP contribution in [0.3, 0.4) is 0 Å². The first-order valence-electron chi connectivity index (χ1n) is 8.34. The molecule has 2 fully saturated rings. The summed E-state index contributed by atoms with van der Waals surface area (Å²) < 4.78 is 17.6. The van der Waals surface area contributed by atoms with E-state index >= 15 is 0 Å². The summed E-state index contributed by atoms with van der Waals surface area (Å²) in [6, 6.07) is 0.374. The van der Waals surface area contributed by atoms with Gasteiger partial charge in [0.2, 0.25) is 0 Å². The van der Waals surface area contributed by atoms with Crippen LogP contribution in [0.25, 0.3) is 0 Å². The topological polar surface area (TPSA) is 39.7 Å². The zero-order chi connectivity index (χ0) is 15.5. The van der Waals surface area contributed by atoms with Crippen molar-refractivity contribution in [2.75, 3.05) is 34.0 Å². The molecule has 0 aliphatic carbocycles. The van der Waals surface area contributed by atoms with Crippen molar-refractivity contribution in [3.8, 4) is 0 Å². The number of ether oxygens (including phenoxy) is 3. The average Bonchev–Trinajstić information content (AvgIpc) is 2.44. The monoisotopic (exact) mass is 299 g/mol. The minimum Gasteiger partial charge on any atom is -0.381 e. The Hall–Kier alpha value is -0.160. The van der Waals surface area contributed by atoms with Crippen LogP contribution in [0.4, 0.5) is 0 Å². The minimum absolute atomic E-state index is 0.0481. The van der Waals surface area contributed by atoms with E-state index in [1.54, 1.807) is 0 Å². The van der Waals surface area contributed by atoms with E-state index in [4.69, 9.17) is 14.2 Å². The molecule has 0 radical (unpaired) electrons. The Bertz CT molecular complexity index is 315. The van der Waals surface area contributed by atoms with E-state index in [-0.39, 0.29) is 17.1 Å². The van der Waals surface area contributed by atoms with Crippen LogP contribution >= 0.6 is 0 Å². The number of hydrogen-bond acceptors (Lipinski definition) is 4. The molecule has 124 valence electrons. The lowest BCUT2D eigenvalue weighted by atomic mass is 9.72. The van der Waals surface area contributed by atoms with Crippen molar-refractivity contribution in [2.45, 2.75) is 64.2 Å². The molecule has 1 spiro atoms. The smallest absolute Gasteiger partial charge is 0.0774 e. The maximum Gasteiger partial charge on any atom is 0.0774 e. The fourth-order valence-corrected chi connectivity index (χ4v) is 4.14. The molecule has 2 rings (SSSR count). The van der Waals surface area contributed by atoms with Crippen molar-refractivity contribution in [1.29, 1.82) is 0 Å². The molecule has 0 aromatic heterocycles. The van der Waals surface area contributed by atoms with E-state index in [1.165, 1.54) is 0 Å². The third-order valence-electron chi connectivity index (χ3n) is 5.21. The predicted octanol–water partition coefficient (Wildman–Crippen LogP) is 2.61. The summed E-state index contributed by atoms with van der Waals surface area (Å²) in [5.41, 5.74) is 0.177. The second-order valence-corrected chi connectivity index (χ2v) is 7.73. The Morgan fingerprint density at radius 1 is 1.19 bits per heavy atom. The maximum absolute atomic E-state index is 6.18. The van der Waals surface area contributed by atoms with Crippen LogP contribution in [0.15, 0.2) is 0 Å². The van der Waals surface area contributed by atoms with Crippen molar-refractivity contribution in [2.24, 2.45) is 11.3 Å². The summed E-state index contributed by atoms with van der Waals surface area (Å²) in [5, 5.41) is 3.54. The molecule has 3 atom stereocenters. The van der Waals surface area contributed by atoms with Crippen molar-refractivity contribution >= 4 is 0 Å². The Labute approximate surface area is 129 Å². The largest absolute Gasteiger partial charge is 0.381 e. The zero-order valence-corrected chi connectivity index (χ0v) is 14.4. The van der Waals surface area contributed by atoms with E-state index < -0.39 is 0 Å². The fourth-order valence-electron chi connectivity index (χ4n) is 4.14. The lowest BCUT2D eigenvalue weighted by Gasteiger charge is -2.48. The van der Waals surface area contributed by atoms with Gasteiger partial charge in [-0.05, 0) is 44.1 Å². The van der Waals surface area contributed by atoms with Crippen LogP contribution in [0, 0.1) is 11.3 Å². The molecule has 4 nitrogen and oxygen atoms in total. The molecule has 3 unspecified atom stereocenters. The van der Waals surface area contributed by atoms with Crippen LogP contribution in [-0.4, -0.2) is 51.7 Å². The highest BCUT2D eigenvalue weighted by molar-refractivity contribution is 4.97. The van der Waals surface area contributed by atoms with Gasteiger partial charge in [-0.3, -0.25) is 0 Å². The SMILES string of the molecule is CNC(C1CCOC2(CCOCC2)C1)C(OC)C(C)(C)C. The molecule has 0 aromatic rings. The fraction of sp³-hybridized carbons (Fsp3) is 1.00. The second-order valence-electron chi connectivity index (χ2n) is 7.73. The van der Waals surface area contributed by atoms with Gasteiger partial charge in [-0.2, -0.15) is 0 Å². The van der Waals surface area contributed by atoms with E-state index in [0.717, 1.165) is 45.5 Å². The van der Waals surface area contributed by atoms with Gasteiger partial charge in [-0.15, -0.1) is 0 Å². The van der Waals surface area contributed by atoms with Gasteiger partial charge >= 0.3 is 0 Å². The van der Waals surface area contributed by atoms with Gasteiger partial charge in [0.15, 0.2) is 0 Å². The predicted molar refractivity (Wildman–Crippen MR) is 84.6 cm³/mol. The average molecular weight is 299 g/mol. The normalized spacial score (nSPS) is 29.3. The number of likely N-dealkylation sites (N-methyl/N-ethyl adjacent to an activating group) is 1. The minimum atomic E-state index is 0.0481. The molecule has 0 bridgehead atoms. The molecule has 0 amide bonds. The first-order valence-corrected chi connectivity index (χ1v) is 8.34. The van der Waals surface area contributed by atoms with Crippen LogP contribution < -0.4 is 5.32 Å². The molecule has 0 saturated carbocycles. The van der Waals surface area contributed by atoms with Gasteiger partial charge < -0.3 is 19.5 Å². The third-order valence-corrected chi connectivity index (χ3v) is 5.21. The quantitative estimate of drug-likeness (QED) is 0.866. The summed E-state index contributed by atoms with van der Waals surface area (Å²) in [5.74, 6) is 0.603. The van der Waals surface area contributed by atoms with E-state index in [1.807, 2.05) is 7.11 Å². The van der Waals surface area contributed by atoms with Crippen LogP contribution in [0.5, 0.6) is 0 Å². The van der Waals surface area contributed by atoms with Crippen molar-refractivity contribution in [3.05, 3.63) is 0 Å². The molecule has 21 heavy (non-hydrogen) atoms. The summed E-state index contributed by atoms with van der Waals surface area (Å²) in [6.45, 7) is 9.32. The molecular weight excluding hydrogens is 266 g/mol. The number of rotatable bonds is 4. The van der Waals surface area contributed by atoms with Gasteiger partial charge in [-0.25, -0.2) is 0 Å². The standard InChI is InChI=1S/C17H33NO3/c1-16(2,3)15(19-5)14(18-4)13-6-9-21-17(12-13)7-10-20-11-8-17/h13-15,18H,6-12H2,1-5H3. The number of methoxy groups -OCH3 is 1. The summed E-state index contributed by atoms with van der Waals surface area (Å²) in [7, 11) is 3.90. The first kappa shape index (κ1) is 17.2. The molecule has 4 heteroatoms. The van der Waals surface area contributed by atoms with Crippen molar-refractivity contribution in [3.63, 3.8) is 0 Å². The molecular formula is C17H33NO3. The Morgan fingerprint density at radius 2 is 1.86 bits per heavy atom. The molecule has 2 aliphatic rings. The lowest BCUT2D eigenvalue weighted by molar-refractivity contribution is -0.157. The van der Waals surface area contributed by atoms with Crippen LogP contribution in [0.2, 0.25) is 0 Å². The zero-order valence-electron chi connectivity index (χ0n) is 14.4. The second kappa shape index (κ2) is 6.95. The van der Waals surface area contributed by atoms with E-state index in [2.05, 4.69) is 33.1 Å².